The lowest BCUT2D eigenvalue weighted by Gasteiger charge is -2.30. The lowest BCUT2D eigenvalue weighted by molar-refractivity contribution is 0.0698. The van der Waals surface area contributed by atoms with Crippen molar-refractivity contribution in [3.8, 4) is 0 Å². The fourth-order valence-corrected chi connectivity index (χ4v) is 2.94. The molecule has 5 heteroatoms. The highest BCUT2D eigenvalue weighted by atomic mass is 35.5. The average Bonchev–Trinajstić information content (AvgIpc) is 2.77. The van der Waals surface area contributed by atoms with Gasteiger partial charge in [0.1, 0.15) is 5.82 Å². The number of hydrogen-bond acceptors (Lipinski definition) is 3. The minimum atomic E-state index is -0.0627. The molecule has 1 amide bonds. The van der Waals surface area contributed by atoms with Crippen molar-refractivity contribution in [2.24, 2.45) is 5.41 Å². The molecule has 1 aromatic heterocycles. The van der Waals surface area contributed by atoms with Crippen LogP contribution >= 0.6 is 11.6 Å². The normalized spacial score (nSPS) is 19.4. The number of aromatic nitrogens is 2. The number of carbonyl (C=O) groups excluding carboxylic acids is 1. The number of amides is 1. The molecule has 1 aromatic rings. The zero-order valence-corrected chi connectivity index (χ0v) is 13.4. The molecule has 0 radical (unpaired) electrons. The third-order valence-electron chi connectivity index (χ3n) is 3.55. The molecule has 2 heterocycles. The van der Waals surface area contributed by atoms with Crippen molar-refractivity contribution >= 4 is 17.5 Å². The first kappa shape index (κ1) is 15.2. The molecule has 4 nitrogen and oxygen atoms in total. The number of aryl methyl sites for hydroxylation is 1. The number of halogens is 1. The fraction of sp³-hybridized carbons (Fsp3) is 0.667. The zero-order valence-electron chi connectivity index (χ0n) is 12.6. The monoisotopic (exact) mass is 295 g/mol. The van der Waals surface area contributed by atoms with Crippen molar-refractivity contribution in [3.05, 3.63) is 22.7 Å². The maximum atomic E-state index is 12.7. The van der Waals surface area contributed by atoms with Gasteiger partial charge in [-0.15, -0.1) is 0 Å². The average molecular weight is 296 g/mol. The summed E-state index contributed by atoms with van der Waals surface area (Å²) in [5.41, 5.74) is 0.541. The molecule has 1 unspecified atom stereocenters. The Hall–Kier alpha value is -1.16. The van der Waals surface area contributed by atoms with E-state index in [1.165, 1.54) is 6.20 Å². The lowest BCUT2D eigenvalue weighted by Crippen LogP contribution is -2.38. The molecule has 2 rings (SSSR count). The van der Waals surface area contributed by atoms with Gasteiger partial charge in [0.15, 0.2) is 5.69 Å². The Morgan fingerprint density at radius 3 is 2.85 bits per heavy atom. The summed E-state index contributed by atoms with van der Waals surface area (Å²) in [6.45, 7) is 9.17. The SMILES string of the molecule is Cc1ncc(Cl)c(C(=O)N2CCCC2CC(C)(C)C)n1. The van der Waals surface area contributed by atoms with E-state index in [1.54, 1.807) is 6.92 Å². The Labute approximate surface area is 125 Å². The van der Waals surface area contributed by atoms with E-state index in [1.807, 2.05) is 4.90 Å². The molecule has 1 aliphatic heterocycles. The van der Waals surface area contributed by atoms with Gasteiger partial charge in [-0.1, -0.05) is 32.4 Å². The Morgan fingerprint density at radius 2 is 2.20 bits per heavy atom. The van der Waals surface area contributed by atoms with Gasteiger partial charge >= 0.3 is 0 Å². The summed E-state index contributed by atoms with van der Waals surface area (Å²) in [5.74, 6) is 0.511. The van der Waals surface area contributed by atoms with Gasteiger partial charge < -0.3 is 4.90 Å². The van der Waals surface area contributed by atoms with Crippen LogP contribution in [0.25, 0.3) is 0 Å². The van der Waals surface area contributed by atoms with E-state index >= 15 is 0 Å². The van der Waals surface area contributed by atoms with Crippen LogP contribution in [-0.4, -0.2) is 33.4 Å². The molecule has 0 bridgehead atoms. The molecule has 1 aliphatic rings. The van der Waals surface area contributed by atoms with Gasteiger partial charge in [0.05, 0.1) is 11.2 Å². The minimum absolute atomic E-state index is 0.0627. The van der Waals surface area contributed by atoms with Crippen molar-refractivity contribution in [2.75, 3.05) is 6.54 Å². The summed E-state index contributed by atoms with van der Waals surface area (Å²) >= 11 is 6.08. The van der Waals surface area contributed by atoms with Gasteiger partial charge in [-0.2, -0.15) is 0 Å². The summed E-state index contributed by atoms with van der Waals surface area (Å²) in [5, 5.41) is 0.335. The van der Waals surface area contributed by atoms with Gasteiger partial charge in [0, 0.05) is 12.6 Å². The van der Waals surface area contributed by atoms with E-state index in [0.29, 0.717) is 16.5 Å². The maximum Gasteiger partial charge on any atom is 0.274 e. The highest BCUT2D eigenvalue weighted by Gasteiger charge is 2.33. The highest BCUT2D eigenvalue weighted by Crippen LogP contribution is 2.31. The topological polar surface area (TPSA) is 46.1 Å². The van der Waals surface area contributed by atoms with Crippen LogP contribution in [0.2, 0.25) is 5.02 Å². The summed E-state index contributed by atoms with van der Waals surface area (Å²) in [6.07, 6.45) is 4.62. The Bertz CT molecular complexity index is 510. The molecular formula is C15H22ClN3O. The highest BCUT2D eigenvalue weighted by molar-refractivity contribution is 6.33. The first-order chi connectivity index (χ1) is 9.28. The lowest BCUT2D eigenvalue weighted by atomic mass is 9.87. The van der Waals surface area contributed by atoms with Crippen LogP contribution in [0.4, 0.5) is 0 Å². The molecule has 110 valence electrons. The van der Waals surface area contributed by atoms with Gasteiger partial charge in [-0.3, -0.25) is 4.79 Å². The molecule has 1 saturated heterocycles. The second-order valence-electron chi connectivity index (χ2n) is 6.67. The summed E-state index contributed by atoms with van der Waals surface area (Å²) in [4.78, 5) is 22.8. The Balaban J connectivity index is 2.21. The van der Waals surface area contributed by atoms with E-state index in [-0.39, 0.29) is 17.4 Å². The molecular weight excluding hydrogens is 274 g/mol. The van der Waals surface area contributed by atoms with Crippen LogP contribution in [0.1, 0.15) is 56.3 Å². The smallest absolute Gasteiger partial charge is 0.274 e. The molecule has 1 fully saturated rings. The van der Waals surface area contributed by atoms with Crippen molar-refractivity contribution < 1.29 is 4.79 Å². The van der Waals surface area contributed by atoms with Gasteiger partial charge in [0.25, 0.3) is 5.91 Å². The minimum Gasteiger partial charge on any atom is -0.334 e. The predicted molar refractivity (Wildman–Crippen MR) is 79.9 cm³/mol. The zero-order chi connectivity index (χ0) is 14.9. The van der Waals surface area contributed by atoms with Crippen LogP contribution in [0.5, 0.6) is 0 Å². The fourth-order valence-electron chi connectivity index (χ4n) is 2.76. The Morgan fingerprint density at radius 1 is 1.50 bits per heavy atom. The van der Waals surface area contributed by atoms with E-state index in [9.17, 15) is 4.79 Å². The van der Waals surface area contributed by atoms with E-state index in [4.69, 9.17) is 11.6 Å². The largest absolute Gasteiger partial charge is 0.334 e. The first-order valence-electron chi connectivity index (χ1n) is 7.08. The van der Waals surface area contributed by atoms with Gasteiger partial charge in [-0.25, -0.2) is 9.97 Å². The van der Waals surface area contributed by atoms with Crippen LogP contribution in [0.3, 0.4) is 0 Å². The van der Waals surface area contributed by atoms with Crippen LogP contribution in [0, 0.1) is 12.3 Å². The van der Waals surface area contributed by atoms with Gasteiger partial charge in [0.2, 0.25) is 0 Å². The summed E-state index contributed by atoms with van der Waals surface area (Å²) in [7, 11) is 0. The second-order valence-corrected chi connectivity index (χ2v) is 7.08. The Kier molecular flexibility index (Phi) is 4.33. The number of carbonyl (C=O) groups is 1. The van der Waals surface area contributed by atoms with Crippen molar-refractivity contribution in [3.63, 3.8) is 0 Å². The quantitative estimate of drug-likeness (QED) is 0.839. The van der Waals surface area contributed by atoms with Crippen LogP contribution < -0.4 is 0 Å². The maximum absolute atomic E-state index is 12.7. The summed E-state index contributed by atoms with van der Waals surface area (Å²) in [6, 6.07) is 0.286. The molecule has 20 heavy (non-hydrogen) atoms. The predicted octanol–water partition coefficient (Wildman–Crippen LogP) is 3.48. The van der Waals surface area contributed by atoms with Gasteiger partial charge in [-0.05, 0) is 31.6 Å². The van der Waals surface area contributed by atoms with Crippen LogP contribution in [-0.2, 0) is 0 Å². The molecule has 0 N–H and O–H groups in total. The molecule has 0 aromatic carbocycles. The number of hydrogen-bond donors (Lipinski definition) is 0. The molecule has 1 atom stereocenters. The van der Waals surface area contributed by atoms with Crippen molar-refractivity contribution in [1.82, 2.24) is 14.9 Å². The van der Waals surface area contributed by atoms with Crippen molar-refractivity contribution in [2.45, 2.75) is 53.0 Å². The summed E-state index contributed by atoms with van der Waals surface area (Å²) < 4.78 is 0. The number of nitrogens with zero attached hydrogens (tertiary/aromatic N) is 3. The third-order valence-corrected chi connectivity index (χ3v) is 3.83. The van der Waals surface area contributed by atoms with Crippen molar-refractivity contribution in [1.29, 1.82) is 0 Å². The number of likely N-dealkylation sites (tertiary alicyclic amines) is 1. The third kappa shape index (κ3) is 3.48. The number of rotatable bonds is 2. The standard InChI is InChI=1S/C15H22ClN3O/c1-10-17-9-12(16)13(18-10)14(20)19-7-5-6-11(19)8-15(2,3)4/h9,11H,5-8H2,1-4H3. The van der Waals surface area contributed by atoms with Crippen LogP contribution in [0.15, 0.2) is 6.20 Å². The van der Waals surface area contributed by atoms with E-state index < -0.39 is 0 Å². The molecule has 0 spiro atoms. The second kappa shape index (κ2) is 5.68. The first-order valence-corrected chi connectivity index (χ1v) is 7.46. The van der Waals surface area contributed by atoms with E-state index in [0.717, 1.165) is 25.8 Å². The molecule has 0 saturated carbocycles. The van der Waals surface area contributed by atoms with E-state index in [2.05, 4.69) is 30.7 Å². The molecule has 0 aliphatic carbocycles.